The standard InChI is InChI=1S/C16H10ClIN4O4/c17-11-5-9(18)1-2-12(11)20-13-7-14(21-4-3-19-8-21)15(22(25)26)6-10(13)16(23)24/h1-8,20H,(H,23,24). The fourth-order valence-electron chi connectivity index (χ4n) is 2.35. The van der Waals surface area contributed by atoms with Crippen molar-refractivity contribution in [3.05, 3.63) is 73.3 Å². The van der Waals surface area contributed by atoms with Crippen LogP contribution in [0.5, 0.6) is 0 Å². The summed E-state index contributed by atoms with van der Waals surface area (Å²) in [5.74, 6) is -1.30. The van der Waals surface area contributed by atoms with Gasteiger partial charge in [0.1, 0.15) is 5.69 Å². The Kier molecular flexibility index (Phi) is 5.09. The Morgan fingerprint density at radius 1 is 1.31 bits per heavy atom. The number of nitro benzene ring substituents is 1. The molecule has 0 atom stereocenters. The lowest BCUT2D eigenvalue weighted by Gasteiger charge is -2.14. The van der Waals surface area contributed by atoms with Gasteiger partial charge in [0.25, 0.3) is 5.69 Å². The normalized spacial score (nSPS) is 10.5. The van der Waals surface area contributed by atoms with Crippen LogP contribution < -0.4 is 5.32 Å². The second kappa shape index (κ2) is 7.30. The van der Waals surface area contributed by atoms with Gasteiger partial charge in [-0.05, 0) is 46.9 Å². The third-order valence-electron chi connectivity index (χ3n) is 3.52. The summed E-state index contributed by atoms with van der Waals surface area (Å²) < 4.78 is 2.35. The number of halogens is 2. The van der Waals surface area contributed by atoms with Gasteiger partial charge in [-0.1, -0.05) is 11.6 Å². The molecule has 1 heterocycles. The first-order chi connectivity index (χ1) is 12.4. The molecule has 3 rings (SSSR count). The number of aromatic nitrogens is 2. The first-order valence-electron chi connectivity index (χ1n) is 7.13. The van der Waals surface area contributed by atoms with E-state index in [0.29, 0.717) is 10.7 Å². The molecular weight excluding hydrogens is 475 g/mol. The number of carboxylic acids is 1. The lowest BCUT2D eigenvalue weighted by molar-refractivity contribution is -0.384. The molecule has 0 amide bonds. The molecule has 26 heavy (non-hydrogen) atoms. The Morgan fingerprint density at radius 2 is 2.08 bits per heavy atom. The summed E-state index contributed by atoms with van der Waals surface area (Å²) in [5.41, 5.74) is 0.256. The zero-order chi connectivity index (χ0) is 18.8. The predicted octanol–water partition coefficient (Wildman–Crippen LogP) is 4.48. The van der Waals surface area contributed by atoms with Crippen molar-refractivity contribution >= 4 is 57.2 Å². The Labute approximate surface area is 165 Å². The summed E-state index contributed by atoms with van der Waals surface area (Å²) in [6.07, 6.45) is 4.40. The number of nitrogens with zero attached hydrogens (tertiary/aromatic N) is 3. The van der Waals surface area contributed by atoms with Crippen molar-refractivity contribution in [2.75, 3.05) is 5.32 Å². The predicted molar refractivity (Wildman–Crippen MR) is 105 cm³/mol. The van der Waals surface area contributed by atoms with E-state index in [1.807, 2.05) is 0 Å². The Hall–Kier alpha value is -2.66. The van der Waals surface area contributed by atoms with Gasteiger partial charge in [-0.25, -0.2) is 9.78 Å². The van der Waals surface area contributed by atoms with Crippen molar-refractivity contribution in [1.82, 2.24) is 9.55 Å². The van der Waals surface area contributed by atoms with Crippen LogP contribution in [0.4, 0.5) is 17.1 Å². The molecular formula is C16H10ClIN4O4. The van der Waals surface area contributed by atoms with Crippen molar-refractivity contribution < 1.29 is 14.8 Å². The van der Waals surface area contributed by atoms with E-state index in [2.05, 4.69) is 32.9 Å². The van der Waals surface area contributed by atoms with Crippen LogP contribution in [0.25, 0.3) is 5.69 Å². The molecule has 0 aliphatic heterocycles. The number of nitro groups is 1. The Balaban J connectivity index is 2.18. The summed E-state index contributed by atoms with van der Waals surface area (Å²) in [6.45, 7) is 0. The molecule has 0 saturated heterocycles. The van der Waals surface area contributed by atoms with E-state index in [1.165, 1.54) is 29.4 Å². The van der Waals surface area contributed by atoms with Gasteiger partial charge in [-0.2, -0.15) is 0 Å². The number of carboxylic acid groups (broad SMARTS) is 1. The highest BCUT2D eigenvalue weighted by Crippen LogP contribution is 2.34. The highest BCUT2D eigenvalue weighted by molar-refractivity contribution is 14.1. The summed E-state index contributed by atoms with van der Waals surface area (Å²) in [6, 6.07) is 7.62. The van der Waals surface area contributed by atoms with Crippen LogP contribution in [-0.2, 0) is 0 Å². The molecule has 0 spiro atoms. The van der Waals surface area contributed by atoms with Crippen LogP contribution in [0, 0.1) is 13.7 Å². The number of nitrogens with one attached hydrogen (secondary N) is 1. The molecule has 132 valence electrons. The quantitative estimate of drug-likeness (QED) is 0.314. The highest BCUT2D eigenvalue weighted by Gasteiger charge is 2.23. The number of anilines is 2. The van der Waals surface area contributed by atoms with E-state index in [1.54, 1.807) is 18.2 Å². The van der Waals surface area contributed by atoms with Crippen molar-refractivity contribution in [2.45, 2.75) is 0 Å². The minimum atomic E-state index is -1.30. The second-order valence-electron chi connectivity index (χ2n) is 5.17. The van der Waals surface area contributed by atoms with Crippen LogP contribution in [0.2, 0.25) is 5.02 Å². The Morgan fingerprint density at radius 3 is 2.65 bits per heavy atom. The zero-order valence-corrected chi connectivity index (χ0v) is 15.8. The minimum Gasteiger partial charge on any atom is -0.478 e. The monoisotopic (exact) mass is 484 g/mol. The SMILES string of the molecule is O=C(O)c1cc([N+](=O)[O-])c(-n2ccnc2)cc1Nc1ccc(I)cc1Cl. The van der Waals surface area contributed by atoms with Crippen molar-refractivity contribution in [1.29, 1.82) is 0 Å². The maximum atomic E-state index is 11.6. The largest absolute Gasteiger partial charge is 0.478 e. The van der Waals surface area contributed by atoms with E-state index in [0.717, 1.165) is 9.64 Å². The molecule has 0 radical (unpaired) electrons. The number of aromatic carboxylic acids is 1. The van der Waals surface area contributed by atoms with E-state index in [4.69, 9.17) is 11.6 Å². The molecule has 0 aliphatic rings. The summed E-state index contributed by atoms with van der Waals surface area (Å²) in [5, 5.41) is 24.2. The molecule has 2 aromatic carbocycles. The second-order valence-corrected chi connectivity index (χ2v) is 6.82. The lowest BCUT2D eigenvalue weighted by atomic mass is 10.1. The van der Waals surface area contributed by atoms with Crippen molar-refractivity contribution in [3.8, 4) is 5.69 Å². The fourth-order valence-corrected chi connectivity index (χ4v) is 3.25. The summed E-state index contributed by atoms with van der Waals surface area (Å²) in [4.78, 5) is 26.2. The molecule has 1 aromatic heterocycles. The summed E-state index contributed by atoms with van der Waals surface area (Å²) >= 11 is 8.30. The summed E-state index contributed by atoms with van der Waals surface area (Å²) in [7, 11) is 0. The van der Waals surface area contributed by atoms with Gasteiger partial charge in [0.15, 0.2) is 0 Å². The number of imidazole rings is 1. The number of hydrogen-bond donors (Lipinski definition) is 2. The van der Waals surface area contributed by atoms with Crippen LogP contribution in [-0.4, -0.2) is 25.6 Å². The molecule has 0 saturated carbocycles. The number of rotatable bonds is 5. The smallest absolute Gasteiger partial charge is 0.338 e. The lowest BCUT2D eigenvalue weighted by Crippen LogP contribution is -2.07. The molecule has 8 nitrogen and oxygen atoms in total. The van der Waals surface area contributed by atoms with Gasteiger partial charge < -0.3 is 15.0 Å². The average molecular weight is 485 g/mol. The number of carbonyl (C=O) groups is 1. The third kappa shape index (κ3) is 3.63. The van der Waals surface area contributed by atoms with Gasteiger partial charge >= 0.3 is 5.97 Å². The van der Waals surface area contributed by atoms with E-state index in [9.17, 15) is 20.0 Å². The van der Waals surface area contributed by atoms with Crippen LogP contribution >= 0.6 is 34.2 Å². The van der Waals surface area contributed by atoms with Crippen LogP contribution in [0.3, 0.4) is 0 Å². The van der Waals surface area contributed by atoms with Crippen molar-refractivity contribution in [2.24, 2.45) is 0 Å². The van der Waals surface area contributed by atoms with Gasteiger partial charge in [0, 0.05) is 22.0 Å². The van der Waals surface area contributed by atoms with Gasteiger partial charge in [0.05, 0.1) is 33.2 Å². The van der Waals surface area contributed by atoms with E-state index >= 15 is 0 Å². The molecule has 0 unspecified atom stereocenters. The molecule has 0 aliphatic carbocycles. The number of benzene rings is 2. The highest BCUT2D eigenvalue weighted by atomic mass is 127. The third-order valence-corrected chi connectivity index (χ3v) is 4.51. The van der Waals surface area contributed by atoms with E-state index < -0.39 is 10.9 Å². The molecule has 3 aromatic rings. The average Bonchev–Trinajstić information content (AvgIpc) is 3.11. The van der Waals surface area contributed by atoms with Crippen molar-refractivity contribution in [3.63, 3.8) is 0 Å². The Bertz CT molecular complexity index is 1010. The zero-order valence-electron chi connectivity index (χ0n) is 12.9. The maximum absolute atomic E-state index is 11.6. The van der Waals surface area contributed by atoms with Gasteiger partial charge in [0.2, 0.25) is 0 Å². The van der Waals surface area contributed by atoms with Crippen LogP contribution in [0.15, 0.2) is 49.1 Å². The molecule has 10 heteroatoms. The van der Waals surface area contributed by atoms with E-state index in [-0.39, 0.29) is 22.6 Å². The fraction of sp³-hybridized carbons (Fsp3) is 0. The molecule has 2 N–H and O–H groups in total. The van der Waals surface area contributed by atoms with Gasteiger partial charge in [-0.3, -0.25) is 10.1 Å². The first kappa shape index (κ1) is 18.1. The first-order valence-corrected chi connectivity index (χ1v) is 8.58. The minimum absolute atomic E-state index is 0.176. The maximum Gasteiger partial charge on any atom is 0.338 e. The molecule has 0 fully saturated rings. The number of hydrogen-bond acceptors (Lipinski definition) is 5. The van der Waals surface area contributed by atoms with Crippen LogP contribution in [0.1, 0.15) is 10.4 Å². The molecule has 0 bridgehead atoms. The van der Waals surface area contributed by atoms with Gasteiger partial charge in [-0.15, -0.1) is 0 Å². The topological polar surface area (TPSA) is 110 Å².